The predicted molar refractivity (Wildman–Crippen MR) is 89.1 cm³/mol. The Hall–Kier alpha value is -2.07. The van der Waals surface area contributed by atoms with Crippen LogP contribution < -0.4 is 10.1 Å². The molecule has 1 N–H and O–H groups in total. The quantitative estimate of drug-likeness (QED) is 0.851. The molecule has 3 nitrogen and oxygen atoms in total. The Morgan fingerprint density at radius 3 is 2.30 bits per heavy atom. The first-order valence-electron chi connectivity index (χ1n) is 7.39. The first-order chi connectivity index (χ1) is 11.0. The van der Waals surface area contributed by atoms with Crippen molar-refractivity contribution in [3.63, 3.8) is 0 Å². The van der Waals surface area contributed by atoms with Gasteiger partial charge in [0.05, 0.1) is 6.04 Å². The molecule has 1 atom stereocenters. The van der Waals surface area contributed by atoms with Gasteiger partial charge in [-0.3, -0.25) is 4.79 Å². The molecule has 0 bridgehead atoms. The lowest BCUT2D eigenvalue weighted by Crippen LogP contribution is -2.35. The molecule has 0 saturated carbocycles. The highest BCUT2D eigenvalue weighted by atomic mass is 35.5. The molecule has 0 heterocycles. The van der Waals surface area contributed by atoms with Crippen molar-refractivity contribution in [2.45, 2.75) is 19.9 Å². The molecular weight excluding hydrogens is 317 g/mol. The van der Waals surface area contributed by atoms with Gasteiger partial charge in [0.15, 0.2) is 6.61 Å². The van der Waals surface area contributed by atoms with Crippen LogP contribution in [0.15, 0.2) is 48.5 Å². The number of carbonyl (C=O) groups excluding carboxylic acids is 1. The Morgan fingerprint density at radius 2 is 1.74 bits per heavy atom. The lowest BCUT2D eigenvalue weighted by molar-refractivity contribution is -0.124. The second-order valence-electron chi connectivity index (χ2n) is 5.58. The molecule has 2 aromatic carbocycles. The summed E-state index contributed by atoms with van der Waals surface area (Å²) in [6.07, 6.45) is 0. The summed E-state index contributed by atoms with van der Waals surface area (Å²) in [5.74, 6) is 0.212. The highest BCUT2D eigenvalue weighted by Gasteiger charge is 2.18. The van der Waals surface area contributed by atoms with Crippen molar-refractivity contribution < 1.29 is 13.9 Å². The topological polar surface area (TPSA) is 38.3 Å². The fourth-order valence-corrected chi connectivity index (χ4v) is 2.33. The third kappa shape index (κ3) is 5.25. The van der Waals surface area contributed by atoms with Gasteiger partial charge in [0.25, 0.3) is 5.91 Å². The van der Waals surface area contributed by atoms with Crippen LogP contribution in [0.25, 0.3) is 0 Å². The van der Waals surface area contributed by atoms with Gasteiger partial charge >= 0.3 is 0 Å². The summed E-state index contributed by atoms with van der Waals surface area (Å²) in [4.78, 5) is 12.1. The third-order valence-electron chi connectivity index (χ3n) is 3.40. The van der Waals surface area contributed by atoms with Gasteiger partial charge in [-0.15, -0.1) is 0 Å². The zero-order valence-corrected chi connectivity index (χ0v) is 13.8. The molecule has 0 aromatic heterocycles. The van der Waals surface area contributed by atoms with Gasteiger partial charge in [0, 0.05) is 5.02 Å². The van der Waals surface area contributed by atoms with Gasteiger partial charge in [0.2, 0.25) is 0 Å². The van der Waals surface area contributed by atoms with E-state index in [9.17, 15) is 9.18 Å². The van der Waals surface area contributed by atoms with Crippen molar-refractivity contribution >= 4 is 17.5 Å². The molecular formula is C18H19ClFNO2. The minimum Gasteiger partial charge on any atom is -0.484 e. The zero-order chi connectivity index (χ0) is 16.8. The monoisotopic (exact) mass is 335 g/mol. The number of hydrogen-bond acceptors (Lipinski definition) is 2. The SMILES string of the molecule is CC(C)[C@@H](NC(=O)COc1ccc(Cl)cc1)c1ccc(F)cc1. The van der Waals surface area contributed by atoms with E-state index in [4.69, 9.17) is 16.3 Å². The van der Waals surface area contributed by atoms with E-state index in [1.54, 1.807) is 36.4 Å². The second kappa shape index (κ2) is 7.97. The summed E-state index contributed by atoms with van der Waals surface area (Å²) < 4.78 is 18.5. The van der Waals surface area contributed by atoms with E-state index in [1.165, 1.54) is 12.1 Å². The Balaban J connectivity index is 1.95. The average molecular weight is 336 g/mol. The fourth-order valence-electron chi connectivity index (χ4n) is 2.20. The number of benzene rings is 2. The zero-order valence-electron chi connectivity index (χ0n) is 13.1. The van der Waals surface area contributed by atoms with Crippen LogP contribution >= 0.6 is 11.6 Å². The number of halogens is 2. The maximum Gasteiger partial charge on any atom is 0.258 e. The molecule has 2 rings (SSSR count). The number of nitrogens with one attached hydrogen (secondary N) is 1. The van der Waals surface area contributed by atoms with Crippen LogP contribution in [0.5, 0.6) is 5.75 Å². The van der Waals surface area contributed by atoms with Crippen LogP contribution in [-0.2, 0) is 4.79 Å². The van der Waals surface area contributed by atoms with E-state index in [1.807, 2.05) is 13.8 Å². The van der Waals surface area contributed by atoms with Crippen molar-refractivity contribution in [1.29, 1.82) is 0 Å². The molecule has 122 valence electrons. The number of ether oxygens (including phenoxy) is 1. The lowest BCUT2D eigenvalue weighted by atomic mass is 9.96. The largest absolute Gasteiger partial charge is 0.484 e. The standard InChI is InChI=1S/C18H19ClFNO2/c1-12(2)18(13-3-7-15(20)8-4-13)21-17(22)11-23-16-9-5-14(19)6-10-16/h3-10,12,18H,11H2,1-2H3,(H,21,22)/t18-/m1/s1. The first-order valence-corrected chi connectivity index (χ1v) is 7.76. The minimum absolute atomic E-state index is 0.0912. The number of amides is 1. The number of hydrogen-bond donors (Lipinski definition) is 1. The smallest absolute Gasteiger partial charge is 0.258 e. The minimum atomic E-state index is -0.298. The molecule has 0 fully saturated rings. The van der Waals surface area contributed by atoms with Crippen molar-refractivity contribution in [3.8, 4) is 5.75 Å². The maximum atomic E-state index is 13.0. The van der Waals surface area contributed by atoms with Gasteiger partial charge in [-0.25, -0.2) is 4.39 Å². The normalized spacial score (nSPS) is 12.0. The molecule has 0 aliphatic carbocycles. The molecule has 23 heavy (non-hydrogen) atoms. The summed E-state index contributed by atoms with van der Waals surface area (Å²) in [5, 5.41) is 3.53. The van der Waals surface area contributed by atoms with Crippen LogP contribution in [0.4, 0.5) is 4.39 Å². The van der Waals surface area contributed by atoms with Crippen molar-refractivity contribution in [2.24, 2.45) is 5.92 Å². The van der Waals surface area contributed by atoms with Crippen molar-refractivity contribution in [2.75, 3.05) is 6.61 Å². The summed E-state index contributed by atoms with van der Waals surface area (Å²) in [6.45, 7) is 3.90. The summed E-state index contributed by atoms with van der Waals surface area (Å²) in [6, 6.07) is 12.7. The van der Waals surface area contributed by atoms with Crippen LogP contribution in [-0.4, -0.2) is 12.5 Å². The average Bonchev–Trinajstić information content (AvgIpc) is 2.53. The summed E-state index contributed by atoms with van der Waals surface area (Å²) >= 11 is 5.80. The summed E-state index contributed by atoms with van der Waals surface area (Å²) in [7, 11) is 0. The maximum absolute atomic E-state index is 13.0. The van der Waals surface area contributed by atoms with E-state index in [0.29, 0.717) is 10.8 Å². The van der Waals surface area contributed by atoms with E-state index in [2.05, 4.69) is 5.32 Å². The first kappa shape index (κ1) is 17.3. The van der Waals surface area contributed by atoms with Crippen molar-refractivity contribution in [1.82, 2.24) is 5.32 Å². The Kier molecular flexibility index (Phi) is 5.99. The second-order valence-corrected chi connectivity index (χ2v) is 6.02. The van der Waals surface area contributed by atoms with E-state index in [-0.39, 0.29) is 30.3 Å². The van der Waals surface area contributed by atoms with Gasteiger partial charge in [-0.1, -0.05) is 37.6 Å². The molecule has 0 spiro atoms. The predicted octanol–water partition coefficient (Wildman–Crippen LogP) is 4.37. The van der Waals surface area contributed by atoms with Gasteiger partial charge in [-0.05, 0) is 47.9 Å². The fraction of sp³-hybridized carbons (Fsp3) is 0.278. The molecule has 0 saturated heterocycles. The molecule has 1 amide bonds. The molecule has 0 unspecified atom stereocenters. The summed E-state index contributed by atoms with van der Waals surface area (Å²) in [5.41, 5.74) is 0.862. The van der Waals surface area contributed by atoms with Crippen molar-refractivity contribution in [3.05, 3.63) is 64.9 Å². The van der Waals surface area contributed by atoms with Crippen LogP contribution in [0, 0.1) is 11.7 Å². The van der Waals surface area contributed by atoms with Gasteiger partial charge in [0.1, 0.15) is 11.6 Å². The molecule has 0 aliphatic rings. The Morgan fingerprint density at radius 1 is 1.13 bits per heavy atom. The van der Waals surface area contributed by atoms with E-state index in [0.717, 1.165) is 5.56 Å². The van der Waals surface area contributed by atoms with Crippen LogP contribution in [0.3, 0.4) is 0 Å². The van der Waals surface area contributed by atoms with Gasteiger partial charge in [-0.2, -0.15) is 0 Å². The molecule has 2 aromatic rings. The van der Waals surface area contributed by atoms with E-state index >= 15 is 0 Å². The lowest BCUT2D eigenvalue weighted by Gasteiger charge is -2.23. The highest BCUT2D eigenvalue weighted by molar-refractivity contribution is 6.30. The molecule has 0 aliphatic heterocycles. The van der Waals surface area contributed by atoms with Gasteiger partial charge < -0.3 is 10.1 Å². The Bertz CT molecular complexity index is 641. The number of rotatable bonds is 6. The molecule has 0 radical (unpaired) electrons. The van der Waals surface area contributed by atoms with Crippen LogP contribution in [0.2, 0.25) is 5.02 Å². The third-order valence-corrected chi connectivity index (χ3v) is 3.65. The molecule has 5 heteroatoms. The number of carbonyl (C=O) groups is 1. The van der Waals surface area contributed by atoms with Crippen LogP contribution in [0.1, 0.15) is 25.5 Å². The highest BCUT2D eigenvalue weighted by Crippen LogP contribution is 2.22. The Labute approximate surface area is 140 Å². The van der Waals surface area contributed by atoms with E-state index < -0.39 is 0 Å².